The molecule has 0 unspecified atom stereocenters. The van der Waals surface area contributed by atoms with Gasteiger partial charge < -0.3 is 24.4 Å². The summed E-state index contributed by atoms with van der Waals surface area (Å²) < 4.78 is 31.6. The second kappa shape index (κ2) is 7.87. The van der Waals surface area contributed by atoms with Crippen LogP contribution in [-0.4, -0.2) is 64.6 Å². The maximum absolute atomic E-state index is 14.8. The highest BCUT2D eigenvalue weighted by atomic mass is 19.1. The molecule has 0 saturated carbocycles. The minimum atomic E-state index is -2.09. The Kier molecular flexibility index (Phi) is 5.12. The zero-order chi connectivity index (χ0) is 23.4. The monoisotopic (exact) mass is 453 g/mol. The summed E-state index contributed by atoms with van der Waals surface area (Å²) in [7, 11) is 1.30. The summed E-state index contributed by atoms with van der Waals surface area (Å²) in [5, 5.41) is 20.3. The van der Waals surface area contributed by atoms with E-state index in [-0.39, 0.29) is 45.1 Å². The maximum Gasteiger partial charge on any atom is 0.234 e. The van der Waals surface area contributed by atoms with Crippen molar-refractivity contribution in [3.05, 3.63) is 64.8 Å². The van der Waals surface area contributed by atoms with Crippen LogP contribution in [0.2, 0.25) is 0 Å². The normalized spacial score (nSPS) is 26.6. The average molecular weight is 453 g/mol. The third-order valence-electron chi connectivity index (χ3n) is 6.05. The van der Waals surface area contributed by atoms with Crippen molar-refractivity contribution in [2.75, 3.05) is 7.11 Å². The van der Waals surface area contributed by atoms with Gasteiger partial charge in [-0.15, -0.1) is 0 Å². The molecule has 1 aromatic heterocycles. The highest BCUT2D eigenvalue weighted by molar-refractivity contribution is 6.33. The third kappa shape index (κ3) is 3.12. The van der Waals surface area contributed by atoms with Gasteiger partial charge in [-0.05, 0) is 13.0 Å². The zero-order valence-corrected chi connectivity index (χ0v) is 17.7. The highest BCUT2D eigenvalue weighted by Crippen LogP contribution is 2.46. The van der Waals surface area contributed by atoms with Gasteiger partial charge in [-0.25, -0.2) is 4.39 Å². The van der Waals surface area contributed by atoms with Crippen LogP contribution in [-0.2, 0) is 4.74 Å². The van der Waals surface area contributed by atoms with Gasteiger partial charge in [0, 0.05) is 28.3 Å². The number of aliphatic hydroxyl groups is 2. The van der Waals surface area contributed by atoms with Gasteiger partial charge in [-0.1, -0.05) is 30.3 Å². The molecule has 2 heterocycles. The molecule has 1 saturated heterocycles. The van der Waals surface area contributed by atoms with E-state index in [1.165, 1.54) is 20.2 Å². The number of rotatable bonds is 3. The first-order valence-corrected chi connectivity index (χ1v) is 10.3. The second-order valence-corrected chi connectivity index (χ2v) is 7.97. The van der Waals surface area contributed by atoms with E-state index < -0.39 is 36.6 Å². The average Bonchev–Trinajstić information content (AvgIpc) is 2.84. The minimum Gasteiger partial charge on any atom is -0.492 e. The number of aliphatic hydroxyl groups excluding tert-OH is 2. The van der Waals surface area contributed by atoms with E-state index in [0.29, 0.717) is 5.39 Å². The first-order chi connectivity index (χ1) is 15.8. The van der Waals surface area contributed by atoms with Crippen LogP contribution in [0, 0.1) is 0 Å². The molecule has 1 aliphatic carbocycles. The number of benzene rings is 2. The number of hydrogen-bond donors (Lipinski definition) is 2. The molecule has 170 valence electrons. The molecule has 2 N–H and O–H groups in total. The quantitative estimate of drug-likeness (QED) is 0.485. The van der Waals surface area contributed by atoms with Gasteiger partial charge in [0.1, 0.15) is 17.7 Å². The molecule has 0 spiro atoms. The zero-order valence-electron chi connectivity index (χ0n) is 17.7. The van der Waals surface area contributed by atoms with Crippen molar-refractivity contribution >= 4 is 22.5 Å². The Balaban J connectivity index is 1.73. The van der Waals surface area contributed by atoms with E-state index in [1.807, 2.05) is 0 Å². The summed E-state index contributed by atoms with van der Waals surface area (Å²) in [6.45, 7) is 1.47. The molecule has 1 aliphatic heterocycles. The van der Waals surface area contributed by atoms with Crippen LogP contribution in [0.3, 0.4) is 0 Å². The molecule has 33 heavy (non-hydrogen) atoms. The van der Waals surface area contributed by atoms with Crippen molar-refractivity contribution in [1.29, 1.82) is 0 Å². The number of pyridine rings is 1. The van der Waals surface area contributed by atoms with Gasteiger partial charge in [0.25, 0.3) is 0 Å². The minimum absolute atomic E-state index is 0.0171. The molecular formula is C24H20FNO7. The smallest absolute Gasteiger partial charge is 0.234 e. The molecule has 2 aromatic carbocycles. The maximum atomic E-state index is 14.8. The van der Waals surface area contributed by atoms with Crippen LogP contribution >= 0.6 is 0 Å². The number of carbonyl (C=O) groups excluding carboxylic acids is 2. The Hall–Kier alpha value is -3.40. The highest BCUT2D eigenvalue weighted by Gasteiger charge is 2.46. The van der Waals surface area contributed by atoms with E-state index in [1.54, 1.807) is 36.4 Å². The van der Waals surface area contributed by atoms with E-state index in [2.05, 4.69) is 4.98 Å². The van der Waals surface area contributed by atoms with Crippen LogP contribution in [0.5, 0.6) is 11.5 Å². The van der Waals surface area contributed by atoms with Crippen molar-refractivity contribution in [3.63, 3.8) is 0 Å². The third-order valence-corrected chi connectivity index (χ3v) is 6.05. The SMILES string of the molecule is COc1c2c(c3cccnc3c1O[C@@H]1O[C@@H](C)[C@@H](O)[C@@H](O)[C@H]1F)C(=O)c1ccccc1C2=O. The van der Waals surface area contributed by atoms with Gasteiger partial charge in [0.15, 0.2) is 29.2 Å². The molecule has 9 heteroatoms. The number of halogens is 1. The standard InChI is InChI=1S/C24H20FNO7/c1-10-18(27)21(30)16(25)24(32-10)33-23-17-13(8-5-9-26-17)14-15(22(23)31-2)20(29)12-7-4-3-6-11(12)19(14)28/h3-10,16,18,21,24,27,30H,1-2H3/t10-,16+,18+,21-,24-/m0/s1. The van der Waals surface area contributed by atoms with E-state index in [4.69, 9.17) is 14.2 Å². The number of ether oxygens (including phenoxy) is 3. The number of methoxy groups -OCH3 is 1. The Bertz CT molecular complexity index is 1290. The molecule has 1 fully saturated rings. The molecule has 0 radical (unpaired) electrons. The Morgan fingerprint density at radius 3 is 2.30 bits per heavy atom. The predicted octanol–water partition coefficient (Wildman–Crippen LogP) is 2.20. The fourth-order valence-corrected chi connectivity index (χ4v) is 4.37. The van der Waals surface area contributed by atoms with Crippen LogP contribution in [0.25, 0.3) is 10.9 Å². The lowest BCUT2D eigenvalue weighted by atomic mass is 9.81. The first-order valence-electron chi connectivity index (χ1n) is 10.3. The summed E-state index contributed by atoms with van der Waals surface area (Å²) in [6.07, 6.45) is -6.34. The van der Waals surface area contributed by atoms with Crippen molar-refractivity contribution in [2.45, 2.75) is 37.7 Å². The van der Waals surface area contributed by atoms with Crippen LogP contribution in [0.15, 0.2) is 42.6 Å². The summed E-state index contributed by atoms with van der Waals surface area (Å²) in [6, 6.07) is 9.67. The molecule has 8 nitrogen and oxygen atoms in total. The fraction of sp³-hybridized carbons (Fsp3) is 0.292. The molecule has 5 rings (SSSR count). The number of ketones is 2. The van der Waals surface area contributed by atoms with Gasteiger partial charge in [-0.3, -0.25) is 14.6 Å². The summed E-state index contributed by atoms with van der Waals surface area (Å²) in [5.41, 5.74) is 0.749. The van der Waals surface area contributed by atoms with Crippen molar-refractivity contribution in [3.8, 4) is 11.5 Å². The van der Waals surface area contributed by atoms with Crippen LogP contribution in [0.1, 0.15) is 38.8 Å². The Labute approximate surface area is 187 Å². The van der Waals surface area contributed by atoms with Gasteiger partial charge in [0.2, 0.25) is 6.29 Å². The molecule has 2 aliphatic rings. The van der Waals surface area contributed by atoms with Gasteiger partial charge >= 0.3 is 0 Å². The molecular weight excluding hydrogens is 433 g/mol. The lowest BCUT2D eigenvalue weighted by Crippen LogP contribution is -2.56. The first kappa shape index (κ1) is 21.4. The van der Waals surface area contributed by atoms with Crippen molar-refractivity contribution < 1.29 is 38.4 Å². The number of carbonyl (C=O) groups is 2. The van der Waals surface area contributed by atoms with Crippen LogP contribution < -0.4 is 9.47 Å². The number of hydrogen-bond acceptors (Lipinski definition) is 8. The lowest BCUT2D eigenvalue weighted by molar-refractivity contribution is -0.251. The van der Waals surface area contributed by atoms with Gasteiger partial charge in [0.05, 0.1) is 18.8 Å². The molecule has 0 bridgehead atoms. The topological polar surface area (TPSA) is 115 Å². The summed E-state index contributed by atoms with van der Waals surface area (Å²) >= 11 is 0. The molecule has 0 amide bonds. The van der Waals surface area contributed by atoms with E-state index in [9.17, 15) is 24.2 Å². The Morgan fingerprint density at radius 2 is 1.64 bits per heavy atom. The molecule has 5 atom stereocenters. The van der Waals surface area contributed by atoms with E-state index >= 15 is 0 Å². The van der Waals surface area contributed by atoms with Crippen LogP contribution in [0.4, 0.5) is 4.39 Å². The summed E-state index contributed by atoms with van der Waals surface area (Å²) in [4.78, 5) is 31.1. The van der Waals surface area contributed by atoms with E-state index in [0.717, 1.165) is 0 Å². The largest absolute Gasteiger partial charge is 0.492 e. The van der Waals surface area contributed by atoms with Gasteiger partial charge in [-0.2, -0.15) is 0 Å². The lowest BCUT2D eigenvalue weighted by Gasteiger charge is -2.38. The number of aromatic nitrogens is 1. The predicted molar refractivity (Wildman–Crippen MR) is 113 cm³/mol. The fourth-order valence-electron chi connectivity index (χ4n) is 4.37. The number of alkyl halides is 1. The van der Waals surface area contributed by atoms with Crippen molar-refractivity contribution in [2.24, 2.45) is 0 Å². The summed E-state index contributed by atoms with van der Waals surface area (Å²) in [5.74, 6) is -1.01. The van der Waals surface area contributed by atoms with Crippen molar-refractivity contribution in [1.82, 2.24) is 4.98 Å². The second-order valence-electron chi connectivity index (χ2n) is 7.97. The molecule has 3 aromatic rings. The Morgan fingerprint density at radius 1 is 0.970 bits per heavy atom. The number of nitrogens with zero attached hydrogens (tertiary/aromatic N) is 1. The number of fused-ring (bicyclic) bond motifs is 4.